The van der Waals surface area contributed by atoms with Crippen LogP contribution in [0.15, 0.2) is 36.5 Å². The number of hydrogen-bond donors (Lipinski definition) is 1. The predicted octanol–water partition coefficient (Wildman–Crippen LogP) is 2.33. The van der Waals surface area contributed by atoms with Crippen molar-refractivity contribution in [1.82, 2.24) is 14.7 Å². The van der Waals surface area contributed by atoms with Crippen molar-refractivity contribution < 1.29 is 4.79 Å². The molecule has 0 atom stereocenters. The van der Waals surface area contributed by atoms with Crippen molar-refractivity contribution in [2.45, 2.75) is 19.8 Å². The number of amides is 1. The summed E-state index contributed by atoms with van der Waals surface area (Å²) in [6, 6.07) is 9.25. The maximum Gasteiger partial charge on any atom is 0.274 e. The summed E-state index contributed by atoms with van der Waals surface area (Å²) in [7, 11) is 0. The maximum absolute atomic E-state index is 12.5. The number of anilines is 1. The zero-order chi connectivity index (χ0) is 14.8. The highest BCUT2D eigenvalue weighted by molar-refractivity contribution is 5.92. The van der Waals surface area contributed by atoms with Crippen LogP contribution in [0.25, 0.3) is 5.69 Å². The molecule has 0 radical (unpaired) electrons. The van der Waals surface area contributed by atoms with E-state index in [4.69, 9.17) is 5.73 Å². The summed E-state index contributed by atoms with van der Waals surface area (Å²) in [6.45, 7) is 3.57. The second-order valence-corrected chi connectivity index (χ2v) is 5.49. The largest absolute Gasteiger partial charge is 0.397 e. The van der Waals surface area contributed by atoms with Crippen LogP contribution in [-0.2, 0) is 0 Å². The number of para-hydroxylation sites is 2. The minimum absolute atomic E-state index is 0.00217. The Balaban J connectivity index is 1.80. The highest BCUT2D eigenvalue weighted by atomic mass is 16.2. The standard InChI is InChI=1S/C16H20N4O/c1-2-19(11-12-7-8-12)16(21)14-9-10-20(18-14)15-6-4-3-5-13(15)17/h3-6,9-10,12H,2,7-8,11,17H2,1H3. The number of benzene rings is 1. The van der Waals surface area contributed by atoms with Crippen molar-refractivity contribution in [3.63, 3.8) is 0 Å². The Morgan fingerprint density at radius 2 is 2.14 bits per heavy atom. The molecule has 1 saturated carbocycles. The summed E-state index contributed by atoms with van der Waals surface area (Å²) in [6.07, 6.45) is 4.25. The Hall–Kier alpha value is -2.30. The van der Waals surface area contributed by atoms with Gasteiger partial charge in [-0.25, -0.2) is 4.68 Å². The van der Waals surface area contributed by atoms with Gasteiger partial charge in [-0.05, 0) is 43.9 Å². The van der Waals surface area contributed by atoms with Crippen LogP contribution in [0.3, 0.4) is 0 Å². The first-order valence-electron chi connectivity index (χ1n) is 7.39. The Morgan fingerprint density at radius 1 is 1.38 bits per heavy atom. The van der Waals surface area contributed by atoms with E-state index in [1.54, 1.807) is 16.9 Å². The first-order chi connectivity index (χ1) is 10.2. The first kappa shape index (κ1) is 13.7. The van der Waals surface area contributed by atoms with Crippen molar-refractivity contribution in [1.29, 1.82) is 0 Å². The lowest BCUT2D eigenvalue weighted by atomic mass is 10.3. The number of nitrogen functional groups attached to an aromatic ring is 1. The predicted molar refractivity (Wildman–Crippen MR) is 82.3 cm³/mol. The van der Waals surface area contributed by atoms with Crippen molar-refractivity contribution >= 4 is 11.6 Å². The molecule has 1 heterocycles. The summed E-state index contributed by atoms with van der Waals surface area (Å²) < 4.78 is 1.66. The van der Waals surface area contributed by atoms with Gasteiger partial charge in [0.2, 0.25) is 0 Å². The van der Waals surface area contributed by atoms with Gasteiger partial charge in [-0.3, -0.25) is 4.79 Å². The van der Waals surface area contributed by atoms with E-state index >= 15 is 0 Å². The van der Waals surface area contributed by atoms with Crippen LogP contribution in [-0.4, -0.2) is 33.7 Å². The Morgan fingerprint density at radius 3 is 2.81 bits per heavy atom. The van der Waals surface area contributed by atoms with Gasteiger partial charge in [-0.15, -0.1) is 0 Å². The SMILES string of the molecule is CCN(CC1CC1)C(=O)c1ccn(-c2ccccc2N)n1. The molecule has 110 valence electrons. The van der Waals surface area contributed by atoms with Crippen LogP contribution in [0.5, 0.6) is 0 Å². The summed E-state index contributed by atoms with van der Waals surface area (Å²) >= 11 is 0. The van der Waals surface area contributed by atoms with Gasteiger partial charge in [0.25, 0.3) is 5.91 Å². The molecule has 0 saturated heterocycles. The third kappa shape index (κ3) is 2.91. The minimum atomic E-state index is -0.00217. The van der Waals surface area contributed by atoms with E-state index in [0.717, 1.165) is 18.8 Å². The summed E-state index contributed by atoms with van der Waals surface area (Å²) in [5.41, 5.74) is 7.85. The molecule has 2 aromatic rings. The molecular formula is C16H20N4O. The third-order valence-corrected chi connectivity index (χ3v) is 3.84. The lowest BCUT2D eigenvalue weighted by Crippen LogP contribution is -2.33. The molecule has 2 N–H and O–H groups in total. The van der Waals surface area contributed by atoms with Crippen LogP contribution >= 0.6 is 0 Å². The van der Waals surface area contributed by atoms with E-state index in [0.29, 0.717) is 17.3 Å². The van der Waals surface area contributed by atoms with Crippen molar-refractivity contribution in [3.8, 4) is 5.69 Å². The molecule has 1 aliphatic rings. The zero-order valence-electron chi connectivity index (χ0n) is 12.2. The number of carbonyl (C=O) groups excluding carboxylic acids is 1. The highest BCUT2D eigenvalue weighted by Gasteiger charge is 2.27. The monoisotopic (exact) mass is 284 g/mol. The Bertz CT molecular complexity index is 645. The van der Waals surface area contributed by atoms with E-state index in [2.05, 4.69) is 5.10 Å². The Kier molecular flexibility index (Phi) is 3.64. The number of carbonyl (C=O) groups is 1. The quantitative estimate of drug-likeness (QED) is 0.857. The lowest BCUT2D eigenvalue weighted by Gasteiger charge is -2.19. The van der Waals surface area contributed by atoms with E-state index in [9.17, 15) is 4.79 Å². The number of rotatable bonds is 5. The molecule has 0 unspecified atom stereocenters. The van der Waals surface area contributed by atoms with Crippen molar-refractivity contribution in [3.05, 3.63) is 42.2 Å². The number of hydrogen-bond acceptors (Lipinski definition) is 3. The van der Waals surface area contributed by atoms with Gasteiger partial charge in [0, 0.05) is 19.3 Å². The topological polar surface area (TPSA) is 64.2 Å². The molecule has 21 heavy (non-hydrogen) atoms. The van der Waals surface area contributed by atoms with Crippen LogP contribution in [0.4, 0.5) is 5.69 Å². The van der Waals surface area contributed by atoms with Gasteiger partial charge in [-0.1, -0.05) is 12.1 Å². The van der Waals surface area contributed by atoms with Crippen LogP contribution in [0, 0.1) is 5.92 Å². The van der Waals surface area contributed by atoms with Crippen LogP contribution in [0.2, 0.25) is 0 Å². The van der Waals surface area contributed by atoms with Crippen LogP contribution in [0.1, 0.15) is 30.3 Å². The number of aromatic nitrogens is 2. The highest BCUT2D eigenvalue weighted by Crippen LogP contribution is 2.30. The first-order valence-corrected chi connectivity index (χ1v) is 7.39. The molecule has 1 fully saturated rings. The molecule has 5 heteroatoms. The summed E-state index contributed by atoms with van der Waals surface area (Å²) in [5, 5.41) is 4.38. The second-order valence-electron chi connectivity index (χ2n) is 5.49. The van der Waals surface area contributed by atoms with Crippen LogP contribution < -0.4 is 5.73 Å². The molecule has 0 bridgehead atoms. The average Bonchev–Trinajstić information content (AvgIpc) is 3.18. The summed E-state index contributed by atoms with van der Waals surface area (Å²) in [5.74, 6) is 0.679. The average molecular weight is 284 g/mol. The molecule has 1 aromatic carbocycles. The normalized spacial score (nSPS) is 14.1. The molecule has 5 nitrogen and oxygen atoms in total. The molecule has 1 amide bonds. The number of nitrogens with zero attached hydrogens (tertiary/aromatic N) is 3. The molecular weight excluding hydrogens is 264 g/mol. The van der Waals surface area contributed by atoms with Gasteiger partial charge >= 0.3 is 0 Å². The fourth-order valence-corrected chi connectivity index (χ4v) is 2.40. The molecule has 3 rings (SSSR count). The zero-order valence-corrected chi connectivity index (χ0v) is 12.2. The molecule has 1 aromatic heterocycles. The smallest absolute Gasteiger partial charge is 0.274 e. The third-order valence-electron chi connectivity index (χ3n) is 3.84. The maximum atomic E-state index is 12.5. The lowest BCUT2D eigenvalue weighted by molar-refractivity contribution is 0.0750. The molecule has 1 aliphatic carbocycles. The second kappa shape index (κ2) is 5.60. The van der Waals surface area contributed by atoms with Gasteiger partial charge in [0.05, 0.1) is 11.4 Å². The van der Waals surface area contributed by atoms with E-state index in [-0.39, 0.29) is 5.91 Å². The van der Waals surface area contributed by atoms with Gasteiger partial charge in [0.15, 0.2) is 5.69 Å². The van der Waals surface area contributed by atoms with Gasteiger partial charge < -0.3 is 10.6 Å². The fraction of sp³-hybridized carbons (Fsp3) is 0.375. The molecule has 0 aliphatic heterocycles. The minimum Gasteiger partial charge on any atom is -0.397 e. The fourth-order valence-electron chi connectivity index (χ4n) is 2.40. The van der Waals surface area contributed by atoms with E-state index < -0.39 is 0 Å². The summed E-state index contributed by atoms with van der Waals surface area (Å²) in [4.78, 5) is 14.4. The van der Waals surface area contributed by atoms with E-state index in [1.807, 2.05) is 36.1 Å². The van der Waals surface area contributed by atoms with Crippen molar-refractivity contribution in [2.75, 3.05) is 18.8 Å². The number of nitrogens with two attached hydrogens (primary N) is 1. The van der Waals surface area contributed by atoms with Gasteiger partial charge in [-0.2, -0.15) is 5.10 Å². The van der Waals surface area contributed by atoms with Crippen molar-refractivity contribution in [2.24, 2.45) is 5.92 Å². The Labute approximate surface area is 124 Å². The molecule has 0 spiro atoms. The van der Waals surface area contributed by atoms with E-state index in [1.165, 1.54) is 12.8 Å². The van der Waals surface area contributed by atoms with Gasteiger partial charge in [0.1, 0.15) is 0 Å².